The number of benzene rings is 2. The Bertz CT molecular complexity index is 1490. The molecule has 6 rings (SSSR count). The molecule has 0 aliphatic carbocycles. The number of hydrogen-bond donors (Lipinski definition) is 1. The van der Waals surface area contributed by atoms with Crippen LogP contribution in [0.4, 0.5) is 0 Å². The molecule has 0 saturated carbocycles. The van der Waals surface area contributed by atoms with E-state index >= 15 is 0 Å². The molecule has 230 valence electrons. The molecule has 0 aromatic heterocycles. The van der Waals surface area contributed by atoms with E-state index in [4.69, 9.17) is 28.4 Å². The van der Waals surface area contributed by atoms with E-state index in [-0.39, 0.29) is 50.0 Å². The van der Waals surface area contributed by atoms with Gasteiger partial charge in [-0.2, -0.15) is 5.26 Å². The van der Waals surface area contributed by atoms with Crippen LogP contribution in [0.15, 0.2) is 6.07 Å². The summed E-state index contributed by atoms with van der Waals surface area (Å²) < 4.78 is 35.0. The second-order valence-electron chi connectivity index (χ2n) is 11.7. The quantitative estimate of drug-likeness (QED) is 0.355. The number of aryl methyl sites for hydroxylation is 1. The predicted molar refractivity (Wildman–Crippen MR) is 155 cm³/mol. The third kappa shape index (κ3) is 4.46. The van der Waals surface area contributed by atoms with Gasteiger partial charge in [-0.3, -0.25) is 14.6 Å². The van der Waals surface area contributed by atoms with Gasteiger partial charge in [0, 0.05) is 47.9 Å². The zero-order valence-corrected chi connectivity index (χ0v) is 25.6. The maximum atomic E-state index is 12.7. The fourth-order valence-corrected chi connectivity index (χ4v) is 7.69. The number of nitrogens with zero attached hydrogens (tertiary/aromatic N) is 3. The molecule has 1 saturated heterocycles. The van der Waals surface area contributed by atoms with Crippen LogP contribution in [0.2, 0.25) is 0 Å². The molecule has 1 fully saturated rings. The first-order valence-electron chi connectivity index (χ1n) is 14.8. The van der Waals surface area contributed by atoms with Gasteiger partial charge in [0.15, 0.2) is 29.8 Å². The molecule has 43 heavy (non-hydrogen) atoms. The number of methoxy groups -OCH3 is 2. The molecule has 4 aliphatic heterocycles. The molecule has 0 amide bonds. The number of phenolic OH excluding ortho intramolecular Hbond substituents is 1. The molecule has 2 bridgehead atoms. The van der Waals surface area contributed by atoms with Crippen molar-refractivity contribution in [2.24, 2.45) is 0 Å². The van der Waals surface area contributed by atoms with Crippen molar-refractivity contribution in [2.75, 3.05) is 41.5 Å². The standard InChI is InChI=1S/C32H39N3O8/c1-7-8-24(36)40-13-23-26-19(28(37)17(3)30-32(26)43-15-42-30)11-21-27-25-18(10-20(34(27)4)22(12-33)35(21)23)9-16(2)29(39-6)31(25)41-14-38-5/h9,20-23,27,37H,7-8,10-11,13-15H2,1-6H3/t20?,21?,22-,23-,27?/m0/s1. The first-order valence-corrected chi connectivity index (χ1v) is 14.8. The van der Waals surface area contributed by atoms with E-state index in [9.17, 15) is 15.2 Å². The van der Waals surface area contributed by atoms with E-state index in [1.165, 1.54) is 0 Å². The van der Waals surface area contributed by atoms with E-state index in [0.29, 0.717) is 59.8 Å². The Morgan fingerprint density at radius 3 is 2.60 bits per heavy atom. The number of carbonyl (C=O) groups excluding carboxylic acids is 1. The lowest BCUT2D eigenvalue weighted by Crippen LogP contribution is -2.68. The summed E-state index contributed by atoms with van der Waals surface area (Å²) in [5.74, 6) is 2.12. The van der Waals surface area contributed by atoms with Crippen molar-refractivity contribution < 1.29 is 38.3 Å². The Kier molecular flexibility index (Phi) is 7.79. The first-order chi connectivity index (χ1) is 20.8. The van der Waals surface area contributed by atoms with Gasteiger partial charge in [0.25, 0.3) is 0 Å². The van der Waals surface area contributed by atoms with E-state index < -0.39 is 12.1 Å². The van der Waals surface area contributed by atoms with Gasteiger partial charge >= 0.3 is 5.97 Å². The summed E-state index contributed by atoms with van der Waals surface area (Å²) in [6.07, 6.45) is 2.00. The summed E-state index contributed by atoms with van der Waals surface area (Å²) in [5, 5.41) is 22.3. The number of esters is 1. The summed E-state index contributed by atoms with van der Waals surface area (Å²) >= 11 is 0. The van der Waals surface area contributed by atoms with Crippen LogP contribution in [0.3, 0.4) is 0 Å². The normalized spacial score (nSPS) is 25.3. The van der Waals surface area contributed by atoms with Crippen LogP contribution in [0.25, 0.3) is 0 Å². The summed E-state index contributed by atoms with van der Waals surface area (Å²) in [4.78, 5) is 17.1. The number of nitriles is 1. The number of piperazine rings is 1. The maximum Gasteiger partial charge on any atom is 0.305 e. The largest absolute Gasteiger partial charge is 0.507 e. The van der Waals surface area contributed by atoms with Gasteiger partial charge in [0.2, 0.25) is 6.79 Å². The number of hydrogen-bond acceptors (Lipinski definition) is 11. The summed E-state index contributed by atoms with van der Waals surface area (Å²) in [6, 6.07) is 3.00. The van der Waals surface area contributed by atoms with E-state index in [1.54, 1.807) is 14.2 Å². The Balaban J connectivity index is 1.57. The van der Waals surface area contributed by atoms with Crippen LogP contribution in [0.1, 0.15) is 65.2 Å². The van der Waals surface area contributed by atoms with Gasteiger partial charge < -0.3 is 33.5 Å². The Hall–Kier alpha value is -3.72. The molecule has 0 radical (unpaired) electrons. The van der Waals surface area contributed by atoms with Gasteiger partial charge in [-0.25, -0.2) is 0 Å². The molecule has 0 spiro atoms. The third-order valence-electron chi connectivity index (χ3n) is 9.45. The van der Waals surface area contributed by atoms with Crippen molar-refractivity contribution in [1.29, 1.82) is 5.26 Å². The molecule has 5 atom stereocenters. The van der Waals surface area contributed by atoms with Gasteiger partial charge in [0.1, 0.15) is 18.4 Å². The molecule has 3 unspecified atom stereocenters. The highest BCUT2D eigenvalue weighted by molar-refractivity contribution is 5.70. The van der Waals surface area contributed by atoms with Gasteiger partial charge in [-0.1, -0.05) is 13.0 Å². The molecule has 11 nitrogen and oxygen atoms in total. The molecule has 4 aliphatic rings. The maximum absolute atomic E-state index is 12.7. The number of phenols is 1. The smallest absolute Gasteiger partial charge is 0.305 e. The fraction of sp³-hybridized carbons (Fsp3) is 0.562. The SMILES string of the molecule is CCCC(=O)OC[C@H]1c2c(c(O)c(C)c3c2OCO3)CC2C3c4c(cc(C)c(OC)c4OCOC)CC([C@H](C#N)N21)N3C. The van der Waals surface area contributed by atoms with E-state index in [2.05, 4.69) is 21.9 Å². The minimum atomic E-state index is -0.544. The molecular formula is C32H39N3O8. The minimum absolute atomic E-state index is 0.0130. The van der Waals surface area contributed by atoms with Crippen LogP contribution in [0, 0.1) is 25.2 Å². The Labute approximate surface area is 251 Å². The highest BCUT2D eigenvalue weighted by Gasteiger charge is 2.57. The number of rotatable bonds is 8. The van der Waals surface area contributed by atoms with Crippen LogP contribution in [0.5, 0.6) is 28.7 Å². The van der Waals surface area contributed by atoms with Gasteiger partial charge in [0.05, 0.1) is 25.3 Å². The molecule has 2 aromatic rings. The van der Waals surface area contributed by atoms with E-state index in [0.717, 1.165) is 22.3 Å². The number of fused-ring (bicyclic) bond motifs is 9. The Morgan fingerprint density at radius 2 is 1.91 bits per heavy atom. The average molecular weight is 594 g/mol. The first kappa shape index (κ1) is 29.4. The summed E-state index contributed by atoms with van der Waals surface area (Å²) in [6.45, 7) is 5.81. The molecular weight excluding hydrogens is 554 g/mol. The second-order valence-corrected chi connectivity index (χ2v) is 11.7. The van der Waals surface area contributed by atoms with Crippen molar-refractivity contribution >= 4 is 5.97 Å². The molecule has 4 heterocycles. The van der Waals surface area contributed by atoms with Crippen molar-refractivity contribution in [3.05, 3.63) is 39.4 Å². The van der Waals surface area contributed by atoms with Crippen LogP contribution in [-0.2, 0) is 27.1 Å². The topological polar surface area (TPSA) is 123 Å². The number of likely N-dealkylation sites (N-methyl/N-ethyl adjacent to an activating group) is 1. The monoisotopic (exact) mass is 593 g/mol. The second kappa shape index (κ2) is 11.4. The lowest BCUT2D eigenvalue weighted by molar-refractivity contribution is -0.149. The van der Waals surface area contributed by atoms with Crippen molar-refractivity contribution in [2.45, 2.75) is 76.7 Å². The summed E-state index contributed by atoms with van der Waals surface area (Å²) in [5.41, 5.74) is 5.05. The summed E-state index contributed by atoms with van der Waals surface area (Å²) in [7, 11) is 5.25. The molecule has 11 heteroatoms. The van der Waals surface area contributed by atoms with Crippen molar-refractivity contribution in [3.8, 4) is 34.8 Å². The van der Waals surface area contributed by atoms with E-state index in [1.807, 2.05) is 27.8 Å². The van der Waals surface area contributed by atoms with Crippen molar-refractivity contribution in [1.82, 2.24) is 9.80 Å². The average Bonchev–Trinajstić information content (AvgIpc) is 3.48. The lowest BCUT2D eigenvalue weighted by Gasteiger charge is -2.59. The van der Waals surface area contributed by atoms with Crippen LogP contribution >= 0.6 is 0 Å². The van der Waals surface area contributed by atoms with Crippen molar-refractivity contribution in [3.63, 3.8) is 0 Å². The highest BCUT2D eigenvalue weighted by Crippen LogP contribution is 2.58. The number of ether oxygens (including phenoxy) is 6. The van der Waals surface area contributed by atoms with Crippen LogP contribution < -0.4 is 18.9 Å². The van der Waals surface area contributed by atoms with Gasteiger partial charge in [-0.15, -0.1) is 0 Å². The molecule has 2 aromatic carbocycles. The number of aromatic hydroxyl groups is 1. The minimum Gasteiger partial charge on any atom is -0.507 e. The highest BCUT2D eigenvalue weighted by atomic mass is 16.7. The fourth-order valence-electron chi connectivity index (χ4n) is 7.69. The predicted octanol–water partition coefficient (Wildman–Crippen LogP) is 3.84. The zero-order valence-electron chi connectivity index (χ0n) is 25.6. The third-order valence-corrected chi connectivity index (χ3v) is 9.45. The van der Waals surface area contributed by atoms with Gasteiger partial charge in [-0.05, 0) is 51.3 Å². The number of carbonyl (C=O) groups is 1. The lowest BCUT2D eigenvalue weighted by atomic mass is 9.71. The Morgan fingerprint density at radius 1 is 1.14 bits per heavy atom. The molecule has 1 N–H and O–H groups in total. The van der Waals surface area contributed by atoms with Crippen LogP contribution in [-0.4, -0.2) is 80.5 Å². The zero-order chi connectivity index (χ0) is 30.6.